The van der Waals surface area contributed by atoms with Crippen molar-refractivity contribution in [3.05, 3.63) is 12.1 Å². The molecule has 218 valence electrons. The summed E-state index contributed by atoms with van der Waals surface area (Å²) in [5, 5.41) is 9.81. The van der Waals surface area contributed by atoms with Crippen molar-refractivity contribution in [1.29, 1.82) is 0 Å². The summed E-state index contributed by atoms with van der Waals surface area (Å²) >= 11 is 0. The molecular formula is C27H45F3N4O4. The van der Waals surface area contributed by atoms with Gasteiger partial charge in [-0.2, -0.15) is 18.2 Å². The van der Waals surface area contributed by atoms with Gasteiger partial charge in [0, 0.05) is 50.0 Å². The van der Waals surface area contributed by atoms with Crippen LogP contribution in [0.25, 0.3) is 0 Å². The lowest BCUT2D eigenvalue weighted by Crippen LogP contribution is -2.60. The predicted molar refractivity (Wildman–Crippen MR) is 143 cm³/mol. The molecule has 0 spiro atoms. The minimum atomic E-state index is -4.56. The number of nitrogens with zero attached hydrogens (tertiary/aromatic N) is 4. The average molecular weight is 547 g/mol. The van der Waals surface area contributed by atoms with Gasteiger partial charge in [-0.1, -0.05) is 27.7 Å². The van der Waals surface area contributed by atoms with Crippen molar-refractivity contribution in [3.63, 3.8) is 0 Å². The smallest absolute Gasteiger partial charge is 0.410 e. The molecule has 0 saturated carbocycles. The van der Waals surface area contributed by atoms with Gasteiger partial charge in [-0.25, -0.2) is 0 Å². The molecule has 2 heterocycles. The van der Waals surface area contributed by atoms with Gasteiger partial charge in [-0.3, -0.25) is 9.69 Å². The number of aliphatic hydroxyl groups is 1. The van der Waals surface area contributed by atoms with Crippen LogP contribution in [-0.4, -0.2) is 90.8 Å². The fourth-order valence-electron chi connectivity index (χ4n) is 4.16. The number of hydrogen-bond donors (Lipinski definition) is 1. The van der Waals surface area contributed by atoms with Crippen molar-refractivity contribution in [2.24, 2.45) is 5.41 Å². The van der Waals surface area contributed by atoms with Gasteiger partial charge in [0.25, 0.3) is 0 Å². The van der Waals surface area contributed by atoms with Gasteiger partial charge >= 0.3 is 12.1 Å². The summed E-state index contributed by atoms with van der Waals surface area (Å²) in [4.78, 5) is 21.5. The molecule has 0 aliphatic carbocycles. The first-order chi connectivity index (χ1) is 17.4. The van der Waals surface area contributed by atoms with Crippen LogP contribution in [0.4, 0.5) is 24.7 Å². The maximum Gasteiger partial charge on any atom is 0.410 e. The summed E-state index contributed by atoms with van der Waals surface area (Å²) in [6, 6.07) is 1.22. The van der Waals surface area contributed by atoms with Crippen LogP contribution in [0.1, 0.15) is 61.8 Å². The van der Waals surface area contributed by atoms with Crippen molar-refractivity contribution in [2.75, 3.05) is 55.7 Å². The van der Waals surface area contributed by atoms with E-state index in [1.165, 1.54) is 9.80 Å². The highest BCUT2D eigenvalue weighted by Gasteiger charge is 2.47. The Bertz CT molecular complexity index is 915. The second-order valence-corrected chi connectivity index (χ2v) is 12.2. The van der Waals surface area contributed by atoms with E-state index in [1.54, 1.807) is 12.1 Å². The van der Waals surface area contributed by atoms with Gasteiger partial charge in [-0.05, 0) is 39.5 Å². The van der Waals surface area contributed by atoms with Gasteiger partial charge in [0.2, 0.25) is 5.88 Å². The summed E-state index contributed by atoms with van der Waals surface area (Å²) in [6.07, 6.45) is -3.77. The lowest BCUT2D eigenvalue weighted by Gasteiger charge is -2.43. The summed E-state index contributed by atoms with van der Waals surface area (Å²) in [7, 11) is 0. The molecule has 1 N–H and O–H groups in total. The molecule has 1 fully saturated rings. The number of rotatable bonds is 10. The number of piperazine rings is 1. The molecule has 1 aliphatic heterocycles. The number of alkyl halides is 3. The highest BCUT2D eigenvalue weighted by Crippen LogP contribution is 2.35. The van der Waals surface area contributed by atoms with Crippen LogP contribution in [0.15, 0.2) is 12.1 Å². The SMILES string of the molecule is CCCN(c1cc(OC(C)(C)C)nc(N2CCN(CC(=O)OCC(C)(C)C)CC2C(F)(F)F)c1)[C@H](C)CO. The number of esters is 1. The monoisotopic (exact) mass is 546 g/mol. The van der Waals surface area contributed by atoms with Crippen LogP contribution in [0.2, 0.25) is 0 Å². The Hall–Kier alpha value is -2.27. The fourth-order valence-corrected chi connectivity index (χ4v) is 4.16. The zero-order valence-corrected chi connectivity index (χ0v) is 24.1. The molecule has 38 heavy (non-hydrogen) atoms. The molecule has 1 aromatic heterocycles. The van der Waals surface area contributed by atoms with Gasteiger partial charge in [0.1, 0.15) is 17.5 Å². The number of anilines is 2. The molecule has 1 unspecified atom stereocenters. The van der Waals surface area contributed by atoms with Gasteiger partial charge in [0.15, 0.2) is 0 Å². The molecule has 1 aromatic rings. The van der Waals surface area contributed by atoms with E-state index in [4.69, 9.17) is 9.47 Å². The van der Waals surface area contributed by atoms with E-state index in [-0.39, 0.29) is 62.5 Å². The van der Waals surface area contributed by atoms with Gasteiger partial charge in [-0.15, -0.1) is 0 Å². The number of aliphatic hydroxyl groups excluding tert-OH is 1. The minimum Gasteiger partial charge on any atom is -0.472 e. The topological polar surface area (TPSA) is 78.4 Å². The second-order valence-electron chi connectivity index (χ2n) is 12.2. The fraction of sp³-hybridized carbons (Fsp3) is 0.778. The number of pyridine rings is 1. The molecule has 0 amide bonds. The van der Waals surface area contributed by atoms with Crippen molar-refractivity contribution >= 4 is 17.5 Å². The Morgan fingerprint density at radius 3 is 2.37 bits per heavy atom. The van der Waals surface area contributed by atoms with Crippen LogP contribution >= 0.6 is 0 Å². The van der Waals surface area contributed by atoms with Crippen molar-refractivity contribution in [3.8, 4) is 5.88 Å². The summed E-state index contributed by atoms with van der Waals surface area (Å²) < 4.78 is 54.3. The third-order valence-electron chi connectivity index (χ3n) is 5.93. The number of aromatic nitrogens is 1. The Morgan fingerprint density at radius 2 is 1.84 bits per heavy atom. The van der Waals surface area contributed by atoms with Crippen molar-refractivity contribution in [1.82, 2.24) is 9.88 Å². The van der Waals surface area contributed by atoms with E-state index in [2.05, 4.69) is 4.98 Å². The quantitative estimate of drug-likeness (QED) is 0.430. The highest BCUT2D eigenvalue weighted by atomic mass is 19.4. The second kappa shape index (κ2) is 12.7. The molecule has 0 bridgehead atoms. The summed E-state index contributed by atoms with van der Waals surface area (Å²) in [5.74, 6) is -0.181. The standard InChI is InChI=1S/C27H45F3N4O4/c1-9-10-33(19(2)17-35)20-13-22(31-23(14-20)38-26(6,7)8)34-12-11-32(15-21(34)27(28,29)30)16-24(36)37-18-25(3,4)5/h13-14,19,21,35H,9-12,15-18H2,1-8H3/t19-,21?/m1/s1. The van der Waals surface area contributed by atoms with Crippen LogP contribution in [-0.2, 0) is 9.53 Å². The van der Waals surface area contributed by atoms with Crippen LogP contribution < -0.4 is 14.5 Å². The van der Waals surface area contributed by atoms with Gasteiger partial charge in [0.05, 0.1) is 19.8 Å². The summed E-state index contributed by atoms with van der Waals surface area (Å²) in [5.41, 5.74) is -0.214. The van der Waals surface area contributed by atoms with Crippen LogP contribution in [0.5, 0.6) is 5.88 Å². The van der Waals surface area contributed by atoms with Crippen LogP contribution in [0.3, 0.4) is 0 Å². The van der Waals surface area contributed by atoms with Crippen molar-refractivity contribution < 1.29 is 32.5 Å². The first kappa shape index (κ1) is 31.9. The average Bonchev–Trinajstić information content (AvgIpc) is 2.78. The predicted octanol–water partition coefficient (Wildman–Crippen LogP) is 4.50. The number of hydrogen-bond acceptors (Lipinski definition) is 8. The van der Waals surface area contributed by atoms with E-state index >= 15 is 0 Å². The Kier molecular flexibility index (Phi) is 10.7. The first-order valence-electron chi connectivity index (χ1n) is 13.2. The summed E-state index contributed by atoms with van der Waals surface area (Å²) in [6.45, 7) is 15.5. The molecule has 1 saturated heterocycles. The highest BCUT2D eigenvalue weighted by molar-refractivity contribution is 5.71. The Morgan fingerprint density at radius 1 is 1.18 bits per heavy atom. The Labute approximate surface area is 225 Å². The number of ether oxygens (including phenoxy) is 2. The van der Waals surface area contributed by atoms with E-state index in [1.807, 2.05) is 60.3 Å². The number of carbonyl (C=O) groups excluding carboxylic acids is 1. The van der Waals surface area contributed by atoms with E-state index in [0.29, 0.717) is 12.2 Å². The maximum absolute atomic E-state index is 14.3. The molecule has 0 radical (unpaired) electrons. The number of carbonyl (C=O) groups is 1. The molecule has 2 rings (SSSR count). The lowest BCUT2D eigenvalue weighted by atomic mass is 9.99. The zero-order valence-electron chi connectivity index (χ0n) is 24.1. The Balaban J connectivity index is 2.40. The molecule has 2 atom stereocenters. The third kappa shape index (κ3) is 9.80. The number of halogens is 3. The first-order valence-corrected chi connectivity index (χ1v) is 13.2. The largest absolute Gasteiger partial charge is 0.472 e. The molecular weight excluding hydrogens is 501 g/mol. The third-order valence-corrected chi connectivity index (χ3v) is 5.93. The molecule has 11 heteroatoms. The van der Waals surface area contributed by atoms with Crippen LogP contribution in [0, 0.1) is 5.41 Å². The van der Waals surface area contributed by atoms with E-state index < -0.39 is 23.8 Å². The van der Waals surface area contributed by atoms with Gasteiger partial charge < -0.3 is 24.4 Å². The maximum atomic E-state index is 14.3. The molecule has 8 nitrogen and oxygen atoms in total. The van der Waals surface area contributed by atoms with E-state index in [9.17, 15) is 23.1 Å². The zero-order chi connectivity index (χ0) is 28.9. The molecule has 1 aliphatic rings. The molecule has 0 aromatic carbocycles. The minimum absolute atomic E-state index is 0.0193. The van der Waals surface area contributed by atoms with E-state index in [0.717, 1.165) is 6.42 Å². The lowest BCUT2D eigenvalue weighted by molar-refractivity contribution is -0.161. The van der Waals surface area contributed by atoms with Crippen molar-refractivity contribution in [2.45, 2.75) is 85.7 Å². The normalized spacial score (nSPS) is 18.3.